The molecule has 0 aromatic heterocycles. The van der Waals surface area contributed by atoms with Crippen molar-refractivity contribution in [1.29, 1.82) is 0 Å². The smallest absolute Gasteiger partial charge is 0.340 e. The maximum Gasteiger partial charge on any atom is 0.340 e. The first-order chi connectivity index (χ1) is 11.9. The van der Waals surface area contributed by atoms with Gasteiger partial charge in [0.25, 0.3) is 0 Å². The summed E-state index contributed by atoms with van der Waals surface area (Å²) in [5, 5.41) is 2.20. The zero-order chi connectivity index (χ0) is 18.8. The molecule has 25 heavy (non-hydrogen) atoms. The average molecular weight is 353 g/mol. The van der Waals surface area contributed by atoms with Gasteiger partial charge in [0.15, 0.2) is 11.6 Å². The summed E-state index contributed by atoms with van der Waals surface area (Å²) in [5.74, 6) is -3.08. The summed E-state index contributed by atoms with van der Waals surface area (Å²) in [7, 11) is 1.34. The maximum absolute atomic E-state index is 13.6. The monoisotopic (exact) mass is 353 g/mol. The van der Waals surface area contributed by atoms with Gasteiger partial charge in [0.1, 0.15) is 0 Å². The molecule has 0 saturated heterocycles. The van der Waals surface area contributed by atoms with Gasteiger partial charge < -0.3 is 19.5 Å². The minimum atomic E-state index is -1.57. The average Bonchev–Trinajstić information content (AvgIpc) is 2.58. The van der Waals surface area contributed by atoms with E-state index in [4.69, 9.17) is 14.2 Å². The van der Waals surface area contributed by atoms with Gasteiger partial charge >= 0.3 is 11.9 Å². The Hall–Kier alpha value is -2.90. The normalized spacial score (nSPS) is 10.6. The molecule has 0 saturated carbocycles. The predicted octanol–water partition coefficient (Wildman–Crippen LogP) is 1.46. The molecule has 1 aromatic rings. The Labute approximate surface area is 144 Å². The largest absolute Gasteiger partial charge is 0.494 e. The number of hydrogen-bond acceptors (Lipinski definition) is 6. The Morgan fingerprint density at radius 1 is 1.16 bits per heavy atom. The lowest BCUT2D eigenvalue weighted by molar-refractivity contribution is -0.159. The fraction of sp³-hybridized carbons (Fsp3) is 0.353. The molecule has 0 aliphatic carbocycles. The van der Waals surface area contributed by atoms with Crippen LogP contribution in [0.1, 0.15) is 19.4 Å². The van der Waals surface area contributed by atoms with Crippen molar-refractivity contribution < 1.29 is 33.0 Å². The molecule has 136 valence electrons. The van der Waals surface area contributed by atoms with Gasteiger partial charge in [-0.25, -0.2) is 14.0 Å². The minimum Gasteiger partial charge on any atom is -0.494 e. The van der Waals surface area contributed by atoms with E-state index in [2.05, 4.69) is 5.32 Å². The number of amides is 1. The fourth-order valence-corrected chi connectivity index (χ4v) is 1.81. The topological polar surface area (TPSA) is 90.9 Å². The maximum atomic E-state index is 13.6. The van der Waals surface area contributed by atoms with Crippen LogP contribution in [0.5, 0.6) is 5.75 Å². The fourth-order valence-electron chi connectivity index (χ4n) is 1.81. The Morgan fingerprint density at radius 3 is 2.24 bits per heavy atom. The van der Waals surface area contributed by atoms with Crippen molar-refractivity contribution >= 4 is 23.9 Å². The molecule has 8 heteroatoms. The van der Waals surface area contributed by atoms with Crippen molar-refractivity contribution in [2.45, 2.75) is 19.9 Å². The van der Waals surface area contributed by atoms with Gasteiger partial charge in [-0.05, 0) is 37.6 Å². The van der Waals surface area contributed by atoms with Crippen molar-refractivity contribution in [3.8, 4) is 5.75 Å². The van der Waals surface area contributed by atoms with Crippen LogP contribution in [0.3, 0.4) is 0 Å². The molecule has 1 aromatic carbocycles. The number of carbonyl (C=O) groups is 3. The lowest BCUT2D eigenvalue weighted by Gasteiger charge is -2.14. The molecule has 0 atom stereocenters. The number of ether oxygens (including phenoxy) is 3. The summed E-state index contributed by atoms with van der Waals surface area (Å²) in [5.41, 5.74) is 0.400. The van der Waals surface area contributed by atoms with E-state index in [0.29, 0.717) is 5.56 Å². The summed E-state index contributed by atoms with van der Waals surface area (Å²) in [4.78, 5) is 35.4. The van der Waals surface area contributed by atoms with Crippen molar-refractivity contribution in [3.63, 3.8) is 0 Å². The molecule has 0 radical (unpaired) electrons. The summed E-state index contributed by atoms with van der Waals surface area (Å²) in [6, 6.07) is 2.56. The summed E-state index contributed by atoms with van der Waals surface area (Å²) < 4.78 is 27.8. The zero-order valence-electron chi connectivity index (χ0n) is 14.2. The molecule has 1 amide bonds. The summed E-state index contributed by atoms with van der Waals surface area (Å²) in [6.07, 6.45) is 2.39. The molecule has 0 unspecified atom stereocenters. The van der Waals surface area contributed by atoms with Crippen LogP contribution in [0.15, 0.2) is 24.3 Å². The first-order valence-electron chi connectivity index (χ1n) is 7.58. The highest BCUT2D eigenvalue weighted by Crippen LogP contribution is 2.18. The second-order valence-electron chi connectivity index (χ2n) is 4.67. The van der Waals surface area contributed by atoms with Gasteiger partial charge in [0.2, 0.25) is 11.9 Å². The van der Waals surface area contributed by atoms with Gasteiger partial charge in [-0.3, -0.25) is 4.79 Å². The number of rotatable bonds is 8. The number of nitrogens with one attached hydrogen (secondary N) is 1. The van der Waals surface area contributed by atoms with E-state index in [-0.39, 0.29) is 19.0 Å². The zero-order valence-corrected chi connectivity index (χ0v) is 14.2. The highest BCUT2D eigenvalue weighted by molar-refractivity contribution is 6.04. The molecule has 0 fully saturated rings. The first-order valence-corrected chi connectivity index (χ1v) is 7.58. The number of benzene rings is 1. The van der Waals surface area contributed by atoms with Crippen LogP contribution in [0, 0.1) is 5.82 Å². The van der Waals surface area contributed by atoms with E-state index >= 15 is 0 Å². The molecular formula is C17H20FNO6. The number of carbonyl (C=O) groups excluding carboxylic acids is 3. The minimum absolute atomic E-state index is 0.0472. The van der Waals surface area contributed by atoms with Crippen LogP contribution >= 0.6 is 0 Å². The highest BCUT2D eigenvalue weighted by atomic mass is 19.1. The quantitative estimate of drug-likeness (QED) is 0.432. The van der Waals surface area contributed by atoms with E-state index in [1.54, 1.807) is 19.9 Å². The van der Waals surface area contributed by atoms with Crippen LogP contribution in [0.4, 0.5) is 4.39 Å². The van der Waals surface area contributed by atoms with Gasteiger partial charge in [0.05, 0.1) is 20.3 Å². The Bertz CT molecular complexity index is 641. The molecule has 0 heterocycles. The molecule has 1 N–H and O–H groups in total. The summed E-state index contributed by atoms with van der Waals surface area (Å²) >= 11 is 0. The second kappa shape index (κ2) is 10.1. The molecule has 0 bridgehead atoms. The van der Waals surface area contributed by atoms with Gasteiger partial charge in [0, 0.05) is 6.08 Å². The number of esters is 2. The third-order valence-corrected chi connectivity index (χ3v) is 2.93. The van der Waals surface area contributed by atoms with Crippen LogP contribution in [0.2, 0.25) is 0 Å². The van der Waals surface area contributed by atoms with Crippen LogP contribution < -0.4 is 10.1 Å². The third-order valence-electron chi connectivity index (χ3n) is 2.93. The number of halogens is 1. The standard InChI is InChI=1S/C17H20FNO6/c1-4-24-16(21)15(17(22)25-5-2)19-14(20)9-7-11-6-8-13(23-3)12(18)10-11/h6-10,15H,4-5H2,1-3H3,(H,19,20)/b9-7+. The van der Waals surface area contributed by atoms with Crippen molar-refractivity contribution in [2.75, 3.05) is 20.3 Å². The Morgan fingerprint density at radius 2 is 1.76 bits per heavy atom. The first kappa shape index (κ1) is 20.1. The van der Waals surface area contributed by atoms with Crippen molar-refractivity contribution in [2.24, 2.45) is 0 Å². The number of hydrogen-bond donors (Lipinski definition) is 1. The molecule has 0 aliphatic rings. The summed E-state index contributed by atoms with van der Waals surface area (Å²) in [6.45, 7) is 3.23. The molecule has 0 aliphatic heterocycles. The molecule has 0 spiro atoms. The van der Waals surface area contributed by atoms with Crippen LogP contribution in [0.25, 0.3) is 6.08 Å². The number of methoxy groups -OCH3 is 1. The van der Waals surface area contributed by atoms with Crippen LogP contribution in [-0.4, -0.2) is 44.2 Å². The van der Waals surface area contributed by atoms with E-state index < -0.39 is 29.7 Å². The van der Waals surface area contributed by atoms with E-state index in [1.165, 1.54) is 25.3 Å². The van der Waals surface area contributed by atoms with E-state index in [0.717, 1.165) is 6.08 Å². The Kier molecular flexibility index (Phi) is 8.11. The van der Waals surface area contributed by atoms with E-state index in [1.807, 2.05) is 0 Å². The molecule has 7 nitrogen and oxygen atoms in total. The molecular weight excluding hydrogens is 333 g/mol. The predicted molar refractivity (Wildman–Crippen MR) is 87.2 cm³/mol. The SMILES string of the molecule is CCOC(=O)C(NC(=O)/C=C/c1ccc(OC)c(F)c1)C(=O)OCC. The van der Waals surface area contributed by atoms with Crippen molar-refractivity contribution in [1.82, 2.24) is 5.32 Å². The Balaban J connectivity index is 2.80. The van der Waals surface area contributed by atoms with Crippen LogP contribution in [-0.2, 0) is 23.9 Å². The lowest BCUT2D eigenvalue weighted by Crippen LogP contribution is -2.47. The highest BCUT2D eigenvalue weighted by Gasteiger charge is 2.30. The van der Waals surface area contributed by atoms with Gasteiger partial charge in [-0.1, -0.05) is 6.07 Å². The lowest BCUT2D eigenvalue weighted by atomic mass is 10.2. The van der Waals surface area contributed by atoms with Gasteiger partial charge in [-0.2, -0.15) is 0 Å². The van der Waals surface area contributed by atoms with E-state index in [9.17, 15) is 18.8 Å². The molecule has 1 rings (SSSR count). The second-order valence-corrected chi connectivity index (χ2v) is 4.67. The third kappa shape index (κ3) is 6.25. The van der Waals surface area contributed by atoms with Gasteiger partial charge in [-0.15, -0.1) is 0 Å². The van der Waals surface area contributed by atoms with Crippen molar-refractivity contribution in [3.05, 3.63) is 35.7 Å².